The zero-order valence-corrected chi connectivity index (χ0v) is 9.15. The second-order valence-corrected chi connectivity index (χ2v) is 4.37. The first-order valence-electron chi connectivity index (χ1n) is 5.56. The van der Waals surface area contributed by atoms with Crippen LogP contribution in [0.5, 0.6) is 0 Å². The van der Waals surface area contributed by atoms with Crippen molar-refractivity contribution in [3.8, 4) is 0 Å². The normalized spacial score (nSPS) is 16.8. The van der Waals surface area contributed by atoms with Crippen molar-refractivity contribution in [2.24, 2.45) is 5.41 Å². The lowest BCUT2D eigenvalue weighted by Crippen LogP contribution is -2.31. The van der Waals surface area contributed by atoms with Crippen molar-refractivity contribution in [1.29, 1.82) is 0 Å². The zero-order valence-electron chi connectivity index (χ0n) is 9.15. The maximum Gasteiger partial charge on any atom is 0.269 e. The topological polar surface area (TPSA) is 62.2 Å². The zero-order chi connectivity index (χ0) is 11.4. The Kier molecular flexibility index (Phi) is 3.19. The average molecular weight is 220 g/mol. The van der Waals surface area contributed by atoms with Gasteiger partial charge in [-0.05, 0) is 36.8 Å². The summed E-state index contributed by atoms with van der Waals surface area (Å²) in [6, 6.07) is 5.27. The molecule has 4 nitrogen and oxygen atoms in total. The summed E-state index contributed by atoms with van der Waals surface area (Å²) in [4.78, 5) is 15.7. The Balaban J connectivity index is 1.85. The Labute approximate surface area is 94.7 Å². The molecule has 0 saturated heterocycles. The predicted molar refractivity (Wildman–Crippen MR) is 59.9 cm³/mol. The number of hydrogen-bond donors (Lipinski definition) is 2. The smallest absolute Gasteiger partial charge is 0.269 e. The van der Waals surface area contributed by atoms with Gasteiger partial charge in [0.1, 0.15) is 5.69 Å². The molecule has 2 N–H and O–H groups in total. The van der Waals surface area contributed by atoms with E-state index in [1.54, 1.807) is 24.4 Å². The van der Waals surface area contributed by atoms with E-state index in [0.717, 1.165) is 19.3 Å². The van der Waals surface area contributed by atoms with Gasteiger partial charge in [0.2, 0.25) is 0 Å². The van der Waals surface area contributed by atoms with Crippen LogP contribution < -0.4 is 5.32 Å². The van der Waals surface area contributed by atoms with Crippen LogP contribution in [0.1, 0.15) is 29.8 Å². The van der Waals surface area contributed by atoms with Crippen LogP contribution in [0.2, 0.25) is 0 Å². The molecule has 1 aromatic rings. The predicted octanol–water partition coefficient (Wildman–Crippen LogP) is 0.974. The van der Waals surface area contributed by atoms with Gasteiger partial charge in [-0.3, -0.25) is 9.78 Å². The Morgan fingerprint density at radius 2 is 2.31 bits per heavy atom. The fraction of sp³-hybridized carbons (Fsp3) is 0.500. The van der Waals surface area contributed by atoms with Crippen LogP contribution in [0.15, 0.2) is 24.4 Å². The Morgan fingerprint density at radius 3 is 2.88 bits per heavy atom. The fourth-order valence-electron chi connectivity index (χ4n) is 1.78. The molecule has 2 rings (SSSR count). The third kappa shape index (κ3) is 2.58. The third-order valence-corrected chi connectivity index (χ3v) is 3.12. The first kappa shape index (κ1) is 11.1. The standard InChI is InChI=1S/C12H16N2O2/c15-8-6-12(4-5-12)9-14-11(16)10-3-1-2-7-13-10/h1-3,7,15H,4-6,8-9H2,(H,14,16). The molecule has 1 aromatic heterocycles. The highest BCUT2D eigenvalue weighted by Crippen LogP contribution is 2.47. The summed E-state index contributed by atoms with van der Waals surface area (Å²) >= 11 is 0. The van der Waals surface area contributed by atoms with E-state index in [-0.39, 0.29) is 17.9 Å². The molecule has 0 aliphatic heterocycles. The molecule has 16 heavy (non-hydrogen) atoms. The monoisotopic (exact) mass is 220 g/mol. The number of pyridine rings is 1. The lowest BCUT2D eigenvalue weighted by atomic mass is 10.0. The number of nitrogens with one attached hydrogen (secondary N) is 1. The van der Waals surface area contributed by atoms with Gasteiger partial charge in [-0.2, -0.15) is 0 Å². The van der Waals surface area contributed by atoms with Gasteiger partial charge in [0, 0.05) is 19.3 Å². The van der Waals surface area contributed by atoms with E-state index in [2.05, 4.69) is 10.3 Å². The van der Waals surface area contributed by atoms with E-state index in [9.17, 15) is 4.79 Å². The molecule has 4 heteroatoms. The fourth-order valence-corrected chi connectivity index (χ4v) is 1.78. The summed E-state index contributed by atoms with van der Waals surface area (Å²) in [6.07, 6.45) is 4.57. The number of aromatic nitrogens is 1. The highest BCUT2D eigenvalue weighted by Gasteiger charge is 2.41. The number of aliphatic hydroxyl groups is 1. The van der Waals surface area contributed by atoms with Crippen LogP contribution in [0.25, 0.3) is 0 Å². The van der Waals surface area contributed by atoms with Crippen molar-refractivity contribution in [3.63, 3.8) is 0 Å². The molecular weight excluding hydrogens is 204 g/mol. The molecule has 0 spiro atoms. The first-order valence-corrected chi connectivity index (χ1v) is 5.56. The van der Waals surface area contributed by atoms with Crippen LogP contribution >= 0.6 is 0 Å². The summed E-state index contributed by atoms with van der Waals surface area (Å²) in [5.41, 5.74) is 0.599. The van der Waals surface area contributed by atoms with Crippen LogP contribution in [-0.2, 0) is 0 Å². The molecule has 1 saturated carbocycles. The molecule has 0 aromatic carbocycles. The molecule has 0 radical (unpaired) electrons. The number of nitrogens with zero attached hydrogens (tertiary/aromatic N) is 1. The van der Waals surface area contributed by atoms with Gasteiger partial charge in [0.25, 0.3) is 5.91 Å². The van der Waals surface area contributed by atoms with E-state index in [4.69, 9.17) is 5.11 Å². The second kappa shape index (κ2) is 4.61. The SMILES string of the molecule is O=C(NCC1(CCO)CC1)c1ccccn1. The summed E-state index contributed by atoms with van der Waals surface area (Å²) in [7, 11) is 0. The van der Waals surface area contributed by atoms with E-state index in [0.29, 0.717) is 12.2 Å². The van der Waals surface area contributed by atoms with Crippen molar-refractivity contribution in [2.75, 3.05) is 13.2 Å². The van der Waals surface area contributed by atoms with Gasteiger partial charge >= 0.3 is 0 Å². The van der Waals surface area contributed by atoms with E-state index < -0.39 is 0 Å². The number of carbonyl (C=O) groups is 1. The van der Waals surface area contributed by atoms with E-state index in [1.807, 2.05) is 0 Å². The minimum atomic E-state index is -0.134. The Bertz CT molecular complexity index is 361. The van der Waals surface area contributed by atoms with Crippen molar-refractivity contribution in [2.45, 2.75) is 19.3 Å². The summed E-state index contributed by atoms with van der Waals surface area (Å²) in [6.45, 7) is 0.836. The molecule has 0 atom stereocenters. The van der Waals surface area contributed by atoms with Gasteiger partial charge in [-0.25, -0.2) is 0 Å². The lowest BCUT2D eigenvalue weighted by Gasteiger charge is -2.14. The van der Waals surface area contributed by atoms with Crippen LogP contribution in [0.3, 0.4) is 0 Å². The molecule has 1 aliphatic rings. The molecule has 1 amide bonds. The molecule has 1 aliphatic carbocycles. The number of aliphatic hydroxyl groups excluding tert-OH is 1. The number of carbonyl (C=O) groups excluding carboxylic acids is 1. The molecule has 0 bridgehead atoms. The minimum Gasteiger partial charge on any atom is -0.396 e. The van der Waals surface area contributed by atoms with Gasteiger partial charge in [0.05, 0.1) is 0 Å². The van der Waals surface area contributed by atoms with E-state index in [1.165, 1.54) is 0 Å². The average Bonchev–Trinajstić information content (AvgIpc) is 3.08. The maximum atomic E-state index is 11.7. The third-order valence-electron chi connectivity index (χ3n) is 3.12. The molecule has 0 unspecified atom stereocenters. The minimum absolute atomic E-state index is 0.134. The number of amides is 1. The van der Waals surface area contributed by atoms with Gasteiger partial charge in [0.15, 0.2) is 0 Å². The molecule has 86 valence electrons. The quantitative estimate of drug-likeness (QED) is 0.777. The Hall–Kier alpha value is -1.42. The van der Waals surface area contributed by atoms with Crippen molar-refractivity contribution < 1.29 is 9.90 Å². The lowest BCUT2D eigenvalue weighted by molar-refractivity contribution is 0.0936. The first-order chi connectivity index (χ1) is 7.76. The van der Waals surface area contributed by atoms with Crippen LogP contribution in [-0.4, -0.2) is 29.1 Å². The highest BCUT2D eigenvalue weighted by atomic mass is 16.3. The maximum absolute atomic E-state index is 11.7. The Morgan fingerprint density at radius 1 is 1.50 bits per heavy atom. The summed E-state index contributed by atoms with van der Waals surface area (Å²) in [5.74, 6) is -0.134. The molecular formula is C12H16N2O2. The van der Waals surface area contributed by atoms with Crippen LogP contribution in [0.4, 0.5) is 0 Å². The van der Waals surface area contributed by atoms with E-state index >= 15 is 0 Å². The largest absolute Gasteiger partial charge is 0.396 e. The summed E-state index contributed by atoms with van der Waals surface area (Å²) in [5, 5.41) is 11.8. The number of hydrogen-bond acceptors (Lipinski definition) is 3. The van der Waals surface area contributed by atoms with Gasteiger partial charge in [-0.1, -0.05) is 6.07 Å². The second-order valence-electron chi connectivity index (χ2n) is 4.37. The van der Waals surface area contributed by atoms with Gasteiger partial charge in [-0.15, -0.1) is 0 Å². The molecule has 1 fully saturated rings. The van der Waals surface area contributed by atoms with Crippen molar-refractivity contribution >= 4 is 5.91 Å². The van der Waals surface area contributed by atoms with Gasteiger partial charge < -0.3 is 10.4 Å². The van der Waals surface area contributed by atoms with Crippen molar-refractivity contribution in [3.05, 3.63) is 30.1 Å². The van der Waals surface area contributed by atoms with Crippen LogP contribution in [0, 0.1) is 5.41 Å². The van der Waals surface area contributed by atoms with Crippen molar-refractivity contribution in [1.82, 2.24) is 10.3 Å². The highest BCUT2D eigenvalue weighted by molar-refractivity contribution is 5.92. The number of rotatable bonds is 5. The molecule has 1 heterocycles. The summed E-state index contributed by atoms with van der Waals surface area (Å²) < 4.78 is 0.